The number of piperazine rings is 1. The van der Waals surface area contributed by atoms with Crippen LogP contribution in [-0.4, -0.2) is 66.4 Å². The summed E-state index contributed by atoms with van der Waals surface area (Å²) in [4.78, 5) is 19.7. The second-order valence-corrected chi connectivity index (χ2v) is 10.6. The van der Waals surface area contributed by atoms with Crippen LogP contribution in [0.5, 0.6) is 0 Å². The van der Waals surface area contributed by atoms with Crippen LogP contribution in [0.3, 0.4) is 0 Å². The van der Waals surface area contributed by atoms with Crippen LogP contribution in [0.4, 0.5) is 26.3 Å². The Hall–Kier alpha value is -2.59. The number of amides is 1. The second kappa shape index (κ2) is 12.3. The van der Waals surface area contributed by atoms with Gasteiger partial charge < -0.3 is 4.90 Å². The van der Waals surface area contributed by atoms with Crippen LogP contribution in [-0.2, 0) is 23.6 Å². The molecule has 1 amide bonds. The summed E-state index contributed by atoms with van der Waals surface area (Å²) in [7, 11) is 1.54. The van der Waals surface area contributed by atoms with Crippen LogP contribution in [0.1, 0.15) is 60.4 Å². The van der Waals surface area contributed by atoms with Gasteiger partial charge in [-0.2, -0.15) is 26.3 Å². The fraction of sp³-hybridized carbons (Fsp3) is 0.552. The number of alkyl halides is 6. The smallest absolute Gasteiger partial charge is 0.344 e. The molecule has 1 aliphatic heterocycles. The molecule has 1 aliphatic carbocycles. The van der Waals surface area contributed by atoms with Crippen molar-refractivity contribution in [2.75, 3.05) is 39.8 Å². The van der Waals surface area contributed by atoms with Crippen LogP contribution >= 0.6 is 0 Å². The number of carbonyl (C=O) groups is 1. The summed E-state index contributed by atoms with van der Waals surface area (Å²) in [5.41, 5.74) is -2.13. The second-order valence-electron chi connectivity index (χ2n) is 10.6. The highest BCUT2D eigenvalue weighted by Gasteiger charge is 2.38. The molecule has 1 heterocycles. The van der Waals surface area contributed by atoms with Crippen molar-refractivity contribution in [1.29, 1.82) is 0 Å². The summed E-state index contributed by atoms with van der Waals surface area (Å²) in [5, 5.41) is 0. The molecule has 214 valence electrons. The van der Waals surface area contributed by atoms with Gasteiger partial charge in [-0.1, -0.05) is 55.7 Å². The van der Waals surface area contributed by atoms with Crippen LogP contribution < -0.4 is 0 Å². The highest BCUT2D eigenvalue weighted by molar-refractivity contribution is 5.83. The Morgan fingerprint density at radius 1 is 0.897 bits per heavy atom. The van der Waals surface area contributed by atoms with E-state index >= 15 is 0 Å². The predicted octanol–water partition coefficient (Wildman–Crippen LogP) is 6.42. The maximum Gasteiger partial charge on any atom is 0.416 e. The standard InChI is InChI=1S/C29H35F6N3O/c1-36(15-14-21-12-13-23(28(30,31)32)20-25(21)29(33,34)35)27(39)26(22-8-4-2-5-9-22)38-18-16-37(17-19-38)24-10-6-3-7-11-24/h2,4-5,8-9,12-13,20,24,26H,3,6-7,10-11,14-19H2,1H3. The number of nitrogens with zero attached hydrogens (tertiary/aromatic N) is 3. The molecule has 0 radical (unpaired) electrons. The number of likely N-dealkylation sites (N-methyl/N-ethyl adjacent to an activating group) is 1. The fourth-order valence-electron chi connectivity index (χ4n) is 5.79. The Balaban J connectivity index is 1.47. The molecular weight excluding hydrogens is 520 g/mol. The first kappa shape index (κ1) is 29.4. The summed E-state index contributed by atoms with van der Waals surface area (Å²) in [6.45, 7) is 3.05. The van der Waals surface area contributed by atoms with Crippen molar-refractivity contribution in [1.82, 2.24) is 14.7 Å². The molecule has 0 N–H and O–H groups in total. The normalized spacial score (nSPS) is 19.2. The molecule has 2 aromatic carbocycles. The first-order valence-electron chi connectivity index (χ1n) is 13.5. The molecule has 2 aliphatic rings. The topological polar surface area (TPSA) is 26.8 Å². The first-order valence-corrected chi connectivity index (χ1v) is 13.5. The van der Waals surface area contributed by atoms with Gasteiger partial charge >= 0.3 is 12.4 Å². The summed E-state index contributed by atoms with van der Waals surface area (Å²) in [6, 6.07) is 11.0. The van der Waals surface area contributed by atoms with Gasteiger partial charge in [0.1, 0.15) is 6.04 Å². The lowest BCUT2D eigenvalue weighted by atomic mass is 9.93. The van der Waals surface area contributed by atoms with Gasteiger partial charge in [0.05, 0.1) is 11.1 Å². The molecule has 1 saturated heterocycles. The van der Waals surface area contributed by atoms with E-state index in [1.54, 1.807) is 0 Å². The third kappa shape index (κ3) is 7.33. The van der Waals surface area contributed by atoms with E-state index in [0.29, 0.717) is 25.2 Å². The Kier molecular flexibility index (Phi) is 9.26. The van der Waals surface area contributed by atoms with Gasteiger partial charge in [0.25, 0.3) is 0 Å². The van der Waals surface area contributed by atoms with Gasteiger partial charge in [-0.3, -0.25) is 14.6 Å². The van der Waals surface area contributed by atoms with E-state index in [1.165, 1.54) is 44.1 Å². The summed E-state index contributed by atoms with van der Waals surface area (Å²) >= 11 is 0. The Bertz CT molecular complexity index is 1090. The number of hydrogen-bond acceptors (Lipinski definition) is 3. The summed E-state index contributed by atoms with van der Waals surface area (Å²) in [6.07, 6.45) is -3.86. The van der Waals surface area contributed by atoms with Crippen LogP contribution in [0, 0.1) is 0 Å². The minimum absolute atomic E-state index is 0.0569. The average molecular weight is 556 g/mol. The third-order valence-corrected chi connectivity index (χ3v) is 7.99. The highest BCUT2D eigenvalue weighted by atomic mass is 19.4. The van der Waals surface area contributed by atoms with Crippen molar-refractivity contribution < 1.29 is 31.1 Å². The van der Waals surface area contributed by atoms with E-state index in [9.17, 15) is 31.1 Å². The number of carbonyl (C=O) groups excluding carboxylic acids is 1. The Morgan fingerprint density at radius 3 is 2.13 bits per heavy atom. The molecule has 4 rings (SSSR count). The lowest BCUT2D eigenvalue weighted by molar-refractivity contribution is -0.143. The van der Waals surface area contributed by atoms with E-state index in [-0.39, 0.29) is 30.5 Å². The molecule has 1 saturated carbocycles. The number of halogens is 6. The molecule has 4 nitrogen and oxygen atoms in total. The van der Waals surface area contributed by atoms with Crippen molar-refractivity contribution >= 4 is 5.91 Å². The van der Waals surface area contributed by atoms with E-state index in [2.05, 4.69) is 9.80 Å². The van der Waals surface area contributed by atoms with Crippen molar-refractivity contribution in [3.63, 3.8) is 0 Å². The predicted molar refractivity (Wildman–Crippen MR) is 137 cm³/mol. The van der Waals surface area contributed by atoms with Gasteiger partial charge in [-0.25, -0.2) is 0 Å². The fourth-order valence-corrected chi connectivity index (χ4v) is 5.79. The Morgan fingerprint density at radius 2 is 1.54 bits per heavy atom. The van der Waals surface area contributed by atoms with Crippen molar-refractivity contribution in [3.8, 4) is 0 Å². The molecule has 0 aromatic heterocycles. The maximum atomic E-state index is 13.7. The number of hydrogen-bond donors (Lipinski definition) is 0. The van der Waals surface area contributed by atoms with Gasteiger partial charge in [-0.05, 0) is 42.5 Å². The average Bonchev–Trinajstić information content (AvgIpc) is 2.92. The van der Waals surface area contributed by atoms with Crippen molar-refractivity contribution in [2.45, 2.75) is 63.0 Å². The minimum atomic E-state index is -4.94. The zero-order valence-electron chi connectivity index (χ0n) is 22.1. The van der Waals surface area contributed by atoms with E-state index in [1.807, 2.05) is 30.3 Å². The molecule has 1 unspecified atom stereocenters. The molecule has 10 heteroatoms. The van der Waals surface area contributed by atoms with Crippen molar-refractivity contribution in [3.05, 3.63) is 70.8 Å². The monoisotopic (exact) mass is 555 g/mol. The number of benzene rings is 2. The molecule has 2 aromatic rings. The summed E-state index contributed by atoms with van der Waals surface area (Å²) < 4.78 is 79.9. The molecule has 1 atom stereocenters. The van der Waals surface area contributed by atoms with Crippen LogP contribution in [0.15, 0.2) is 48.5 Å². The minimum Gasteiger partial charge on any atom is -0.344 e. The molecule has 39 heavy (non-hydrogen) atoms. The molecule has 2 fully saturated rings. The zero-order chi connectivity index (χ0) is 28.2. The molecule has 0 spiro atoms. The summed E-state index contributed by atoms with van der Waals surface area (Å²) in [5.74, 6) is -0.243. The lowest BCUT2D eigenvalue weighted by Gasteiger charge is -2.43. The third-order valence-electron chi connectivity index (χ3n) is 7.99. The van der Waals surface area contributed by atoms with Crippen LogP contribution in [0.25, 0.3) is 0 Å². The number of rotatable bonds is 7. The van der Waals surface area contributed by atoms with E-state index in [0.717, 1.165) is 24.7 Å². The van der Waals surface area contributed by atoms with E-state index in [4.69, 9.17) is 0 Å². The SMILES string of the molecule is CN(CCc1ccc(C(F)(F)F)cc1C(F)(F)F)C(=O)C(c1ccccc1)N1CCN(C2CCCCC2)CC1. The maximum absolute atomic E-state index is 13.7. The zero-order valence-corrected chi connectivity index (χ0v) is 22.1. The van der Waals surface area contributed by atoms with Gasteiger partial charge in [0.2, 0.25) is 5.91 Å². The Labute approximate surface area is 225 Å². The molecule has 0 bridgehead atoms. The lowest BCUT2D eigenvalue weighted by Crippen LogP contribution is -2.54. The van der Waals surface area contributed by atoms with Crippen molar-refractivity contribution in [2.24, 2.45) is 0 Å². The van der Waals surface area contributed by atoms with Gasteiger partial charge in [0.15, 0.2) is 0 Å². The quantitative estimate of drug-likeness (QED) is 0.369. The molecular formula is C29H35F6N3O. The van der Waals surface area contributed by atoms with Gasteiger partial charge in [-0.15, -0.1) is 0 Å². The van der Waals surface area contributed by atoms with Gasteiger partial charge in [0, 0.05) is 45.8 Å². The first-order chi connectivity index (χ1) is 18.4. The largest absolute Gasteiger partial charge is 0.416 e. The van der Waals surface area contributed by atoms with Crippen LogP contribution in [0.2, 0.25) is 0 Å². The van der Waals surface area contributed by atoms with E-state index < -0.39 is 29.5 Å². The highest BCUT2D eigenvalue weighted by Crippen LogP contribution is 2.37.